The Hall–Kier alpha value is -1.78. The van der Waals surface area contributed by atoms with Crippen LogP contribution in [0.4, 0.5) is 0 Å². The van der Waals surface area contributed by atoms with Crippen molar-refractivity contribution in [3.63, 3.8) is 0 Å². The molecule has 3 aliphatic heterocycles. The largest absolute Gasteiger partial charge is 0.494 e. The van der Waals surface area contributed by atoms with Gasteiger partial charge in [-0.25, -0.2) is 0 Å². The van der Waals surface area contributed by atoms with Gasteiger partial charge in [0.1, 0.15) is 84.7 Å². The SMILES string of the molecule is CCCCCCCOc1ccc(O[C@@H]2O[C@H](CO)[C@@H](O[C@@H]3O[C@H](CO)[C@H](O[C@@H]4O[C@H](CO)[C@H](O)[C@H](O)[C@H]4O)[C@H](O)[C@H]3O)[C@H](O)[C@H]2O)cc1. The lowest BCUT2D eigenvalue weighted by molar-refractivity contribution is -0.376. The first-order chi connectivity index (χ1) is 23.0. The predicted molar refractivity (Wildman–Crippen MR) is 160 cm³/mol. The molecule has 276 valence electrons. The van der Waals surface area contributed by atoms with E-state index in [0.29, 0.717) is 12.4 Å². The van der Waals surface area contributed by atoms with Crippen molar-refractivity contribution in [3.8, 4) is 11.5 Å². The van der Waals surface area contributed by atoms with Crippen LogP contribution in [0.1, 0.15) is 39.0 Å². The Balaban J connectivity index is 1.34. The van der Waals surface area contributed by atoms with Crippen molar-refractivity contribution in [2.75, 3.05) is 26.4 Å². The highest BCUT2D eigenvalue weighted by Crippen LogP contribution is 2.33. The first-order valence-electron chi connectivity index (χ1n) is 16.3. The molecule has 0 saturated carbocycles. The van der Waals surface area contributed by atoms with Crippen molar-refractivity contribution < 1.29 is 84.2 Å². The molecule has 0 amide bonds. The Kier molecular flexibility index (Phi) is 15.0. The minimum absolute atomic E-state index is 0.281. The van der Waals surface area contributed by atoms with Crippen LogP contribution >= 0.6 is 0 Å². The van der Waals surface area contributed by atoms with Crippen molar-refractivity contribution in [2.45, 2.75) is 131 Å². The monoisotopic (exact) mass is 694 g/mol. The van der Waals surface area contributed by atoms with Gasteiger partial charge in [0, 0.05) is 0 Å². The summed E-state index contributed by atoms with van der Waals surface area (Å²) in [6.45, 7) is 0.435. The molecule has 17 nitrogen and oxygen atoms in total. The van der Waals surface area contributed by atoms with Crippen molar-refractivity contribution in [3.05, 3.63) is 24.3 Å². The zero-order valence-electron chi connectivity index (χ0n) is 26.7. The maximum absolute atomic E-state index is 11.0. The van der Waals surface area contributed by atoms with E-state index in [4.69, 9.17) is 33.2 Å². The molecule has 4 rings (SSSR count). The molecule has 3 aliphatic rings. The lowest BCUT2D eigenvalue weighted by Crippen LogP contribution is -2.66. The molecule has 0 bridgehead atoms. The second-order valence-electron chi connectivity index (χ2n) is 12.2. The van der Waals surface area contributed by atoms with Crippen molar-refractivity contribution >= 4 is 0 Å². The first kappa shape index (κ1) is 39.0. The Morgan fingerprint density at radius 2 is 0.979 bits per heavy atom. The summed E-state index contributed by atoms with van der Waals surface area (Å²) in [7, 11) is 0. The van der Waals surface area contributed by atoms with Gasteiger partial charge < -0.3 is 84.2 Å². The van der Waals surface area contributed by atoms with Crippen LogP contribution in [0.15, 0.2) is 24.3 Å². The van der Waals surface area contributed by atoms with Gasteiger partial charge in [-0.1, -0.05) is 32.6 Å². The first-order valence-corrected chi connectivity index (χ1v) is 16.3. The number of hydrogen-bond acceptors (Lipinski definition) is 17. The van der Waals surface area contributed by atoms with E-state index in [1.54, 1.807) is 24.3 Å². The second-order valence-corrected chi connectivity index (χ2v) is 12.2. The van der Waals surface area contributed by atoms with Gasteiger partial charge in [-0.2, -0.15) is 0 Å². The third kappa shape index (κ3) is 9.30. The van der Waals surface area contributed by atoms with Crippen LogP contribution < -0.4 is 9.47 Å². The number of unbranched alkanes of at least 4 members (excludes halogenated alkanes) is 4. The van der Waals surface area contributed by atoms with E-state index in [9.17, 15) is 51.1 Å². The highest BCUT2D eigenvalue weighted by atomic mass is 16.8. The molecule has 3 fully saturated rings. The van der Waals surface area contributed by atoms with Gasteiger partial charge in [-0.3, -0.25) is 0 Å². The van der Waals surface area contributed by atoms with Gasteiger partial charge in [-0.15, -0.1) is 0 Å². The zero-order valence-corrected chi connectivity index (χ0v) is 26.7. The minimum Gasteiger partial charge on any atom is -0.494 e. The van der Waals surface area contributed by atoms with Crippen molar-refractivity contribution in [2.24, 2.45) is 0 Å². The number of aliphatic hydroxyl groups is 10. The minimum atomic E-state index is -1.92. The maximum atomic E-state index is 11.0. The van der Waals surface area contributed by atoms with E-state index in [-0.39, 0.29) is 5.75 Å². The summed E-state index contributed by atoms with van der Waals surface area (Å²) >= 11 is 0. The fourth-order valence-corrected chi connectivity index (χ4v) is 5.78. The van der Waals surface area contributed by atoms with Gasteiger partial charge in [-0.05, 0) is 30.7 Å². The van der Waals surface area contributed by atoms with Gasteiger partial charge in [0.2, 0.25) is 6.29 Å². The average molecular weight is 695 g/mol. The molecule has 1 aromatic carbocycles. The van der Waals surface area contributed by atoms with E-state index in [1.807, 2.05) is 0 Å². The molecule has 3 saturated heterocycles. The van der Waals surface area contributed by atoms with Crippen LogP contribution in [-0.4, -0.2) is 170 Å². The Morgan fingerprint density at radius 1 is 0.521 bits per heavy atom. The molecule has 0 radical (unpaired) electrons. The fraction of sp³-hybridized carbons (Fsp3) is 0.806. The van der Waals surface area contributed by atoms with Gasteiger partial charge in [0.05, 0.1) is 26.4 Å². The van der Waals surface area contributed by atoms with Gasteiger partial charge >= 0.3 is 0 Å². The molecule has 10 N–H and O–H groups in total. The van der Waals surface area contributed by atoms with Crippen molar-refractivity contribution in [1.29, 1.82) is 0 Å². The second kappa shape index (κ2) is 18.5. The Labute approximate surface area is 277 Å². The summed E-state index contributed by atoms with van der Waals surface area (Å²) in [6.07, 6.45) is -19.1. The summed E-state index contributed by atoms with van der Waals surface area (Å²) in [6, 6.07) is 6.55. The van der Waals surface area contributed by atoms with Gasteiger partial charge in [0.25, 0.3) is 0 Å². The molecule has 48 heavy (non-hydrogen) atoms. The van der Waals surface area contributed by atoms with E-state index >= 15 is 0 Å². The molecule has 3 heterocycles. The Bertz CT molecular complexity index is 1060. The number of hydrogen-bond donors (Lipinski definition) is 10. The van der Waals surface area contributed by atoms with Crippen LogP contribution in [-0.2, 0) is 23.7 Å². The number of ether oxygens (including phenoxy) is 7. The summed E-state index contributed by atoms with van der Waals surface area (Å²) in [4.78, 5) is 0. The van der Waals surface area contributed by atoms with Crippen LogP contribution in [0.5, 0.6) is 11.5 Å². The van der Waals surface area contributed by atoms with Crippen LogP contribution in [0.3, 0.4) is 0 Å². The number of aliphatic hydroxyl groups excluding tert-OH is 10. The van der Waals surface area contributed by atoms with E-state index in [0.717, 1.165) is 25.7 Å². The lowest BCUT2D eigenvalue weighted by Gasteiger charge is -2.48. The fourth-order valence-electron chi connectivity index (χ4n) is 5.78. The number of rotatable bonds is 16. The Morgan fingerprint density at radius 3 is 1.52 bits per heavy atom. The summed E-state index contributed by atoms with van der Waals surface area (Å²) in [5, 5.41) is 103. The maximum Gasteiger partial charge on any atom is 0.229 e. The number of benzene rings is 1. The standard InChI is InChI=1S/C31H50O17/c1-2-3-4-5-6-11-42-15-7-9-16(10-8-15)43-29-25(40)22(37)27(18(13-33)45-29)48-31-26(41)23(38)28(19(14-34)46-31)47-30-24(39)21(36)20(35)17(12-32)44-30/h7-10,17-41H,2-6,11-14H2,1H3/t17-,18-,19-,20+,21+,22-,23-,24-,25-,26-,27-,28+,29-,30+,31+/m1/s1. The highest BCUT2D eigenvalue weighted by molar-refractivity contribution is 5.31. The van der Waals surface area contributed by atoms with E-state index in [1.165, 1.54) is 6.42 Å². The highest BCUT2D eigenvalue weighted by Gasteiger charge is 2.53. The zero-order chi connectivity index (χ0) is 35.0. The summed E-state index contributed by atoms with van der Waals surface area (Å²) in [5.74, 6) is 0.905. The topological polar surface area (TPSA) is 267 Å². The molecular formula is C31H50O17. The molecule has 15 atom stereocenters. The van der Waals surface area contributed by atoms with E-state index in [2.05, 4.69) is 6.92 Å². The third-order valence-corrected chi connectivity index (χ3v) is 8.66. The van der Waals surface area contributed by atoms with Crippen LogP contribution in [0, 0.1) is 0 Å². The molecule has 0 aliphatic carbocycles. The molecule has 0 unspecified atom stereocenters. The molecule has 1 aromatic rings. The average Bonchev–Trinajstić information content (AvgIpc) is 3.09. The quantitative estimate of drug-likeness (QED) is 0.0766. The molecule has 17 heteroatoms. The third-order valence-electron chi connectivity index (χ3n) is 8.66. The smallest absolute Gasteiger partial charge is 0.229 e. The summed E-state index contributed by atoms with van der Waals surface area (Å²) in [5.41, 5.74) is 0. The van der Waals surface area contributed by atoms with Gasteiger partial charge in [0.15, 0.2) is 12.6 Å². The molecule has 0 spiro atoms. The summed E-state index contributed by atoms with van der Waals surface area (Å²) < 4.78 is 39.3. The molecule has 0 aromatic heterocycles. The lowest BCUT2D eigenvalue weighted by atomic mass is 9.96. The van der Waals surface area contributed by atoms with E-state index < -0.39 is 112 Å². The van der Waals surface area contributed by atoms with Crippen molar-refractivity contribution in [1.82, 2.24) is 0 Å². The normalized spacial score (nSPS) is 40.4. The van der Waals surface area contributed by atoms with Crippen LogP contribution in [0.2, 0.25) is 0 Å². The molecular weight excluding hydrogens is 644 g/mol. The van der Waals surface area contributed by atoms with Crippen LogP contribution in [0.25, 0.3) is 0 Å². The predicted octanol–water partition coefficient (Wildman–Crippen LogP) is -3.14.